The van der Waals surface area contributed by atoms with Crippen LogP contribution < -0.4 is 10.1 Å². The van der Waals surface area contributed by atoms with E-state index >= 15 is 0 Å². The molecular weight excluding hydrogens is 462 g/mol. The van der Waals surface area contributed by atoms with Crippen LogP contribution in [0.5, 0.6) is 5.75 Å². The highest BCUT2D eigenvalue weighted by atomic mass is 32.2. The number of nitrogens with zero attached hydrogens (tertiary/aromatic N) is 2. The Morgan fingerprint density at radius 2 is 2.00 bits per heavy atom. The molecule has 0 bridgehead atoms. The van der Waals surface area contributed by atoms with Gasteiger partial charge in [-0.15, -0.1) is 0 Å². The molecule has 35 heavy (non-hydrogen) atoms. The molecule has 2 aliphatic rings. The van der Waals surface area contributed by atoms with Gasteiger partial charge in [0.15, 0.2) is 0 Å². The first-order valence-corrected chi connectivity index (χ1v) is 13.5. The highest BCUT2D eigenvalue weighted by molar-refractivity contribution is 7.99. The van der Waals surface area contributed by atoms with Crippen LogP contribution in [0.2, 0.25) is 0 Å². The predicted octanol–water partition coefficient (Wildman–Crippen LogP) is 4.61. The van der Waals surface area contributed by atoms with Gasteiger partial charge in [0.25, 0.3) is 5.91 Å². The van der Waals surface area contributed by atoms with Gasteiger partial charge in [0, 0.05) is 41.8 Å². The normalized spacial score (nSPS) is 17.5. The molecule has 0 saturated carbocycles. The minimum atomic E-state index is -0.177. The molecule has 1 amide bonds. The van der Waals surface area contributed by atoms with Gasteiger partial charge in [-0.3, -0.25) is 14.6 Å². The van der Waals surface area contributed by atoms with Crippen molar-refractivity contribution >= 4 is 35.5 Å². The second kappa shape index (κ2) is 12.6. The molecule has 1 atom stereocenters. The molecule has 2 heterocycles. The lowest BCUT2D eigenvalue weighted by Crippen LogP contribution is -2.27. The molecule has 0 aliphatic carbocycles. The number of anilines is 1. The van der Waals surface area contributed by atoms with E-state index in [1.54, 1.807) is 0 Å². The van der Waals surface area contributed by atoms with Gasteiger partial charge in [-0.1, -0.05) is 25.5 Å². The average molecular weight is 496 g/mol. The Morgan fingerprint density at radius 3 is 2.77 bits per heavy atom. The molecular formula is C27H33N3O4S. The molecule has 2 aromatic rings. The van der Waals surface area contributed by atoms with Crippen LogP contribution >= 0.6 is 11.8 Å². The number of ether oxygens (including phenoxy) is 2. The van der Waals surface area contributed by atoms with Crippen LogP contribution in [0, 0.1) is 5.92 Å². The number of fused-ring (bicyclic) bond motifs is 1. The van der Waals surface area contributed by atoms with Gasteiger partial charge in [-0.2, -0.15) is 16.9 Å². The summed E-state index contributed by atoms with van der Waals surface area (Å²) in [6.45, 7) is 4.97. The van der Waals surface area contributed by atoms with E-state index in [-0.39, 0.29) is 17.8 Å². The molecule has 7 nitrogen and oxygen atoms in total. The standard InChI is InChI=1S/C27H33N3O4S/c1-2-3-12-33-26(31)16-21-15-23-17-24(8-9-25(23)34-19-21)29-27(32)22-6-4-20(5-7-22)18-28-30-10-13-35-14-11-30/h4-9,17-18,21H,2-3,10-16,19H2,1H3,(H,29,32). The number of hydrogen-bond donors (Lipinski definition) is 1. The van der Waals surface area contributed by atoms with E-state index in [1.807, 2.05) is 60.4 Å². The number of nitrogens with one attached hydrogen (secondary N) is 1. The van der Waals surface area contributed by atoms with Gasteiger partial charge in [-0.25, -0.2) is 0 Å². The van der Waals surface area contributed by atoms with E-state index in [0.29, 0.717) is 37.3 Å². The number of carbonyl (C=O) groups is 2. The number of benzene rings is 2. The Bertz CT molecular complexity index is 1040. The maximum atomic E-state index is 12.8. The SMILES string of the molecule is CCCCOC(=O)CC1COc2ccc(NC(=O)c3ccc(C=NN4CCSCC4)cc3)cc2C1. The van der Waals surface area contributed by atoms with Gasteiger partial charge in [0.1, 0.15) is 5.75 Å². The fraction of sp³-hybridized carbons (Fsp3) is 0.444. The highest BCUT2D eigenvalue weighted by Gasteiger charge is 2.23. The van der Waals surface area contributed by atoms with Gasteiger partial charge >= 0.3 is 5.97 Å². The van der Waals surface area contributed by atoms with Crippen molar-refractivity contribution in [2.45, 2.75) is 32.6 Å². The van der Waals surface area contributed by atoms with E-state index in [4.69, 9.17) is 9.47 Å². The summed E-state index contributed by atoms with van der Waals surface area (Å²) in [5, 5.41) is 9.58. The summed E-state index contributed by atoms with van der Waals surface area (Å²) < 4.78 is 11.1. The molecule has 0 radical (unpaired) electrons. The second-order valence-corrected chi connectivity index (χ2v) is 10.1. The van der Waals surface area contributed by atoms with Crippen molar-refractivity contribution in [3.63, 3.8) is 0 Å². The Balaban J connectivity index is 1.31. The Hall–Kier alpha value is -3.00. The quantitative estimate of drug-likeness (QED) is 0.311. The van der Waals surface area contributed by atoms with Crippen LogP contribution in [0.1, 0.15) is 47.7 Å². The zero-order valence-corrected chi connectivity index (χ0v) is 21.0. The van der Waals surface area contributed by atoms with Crippen molar-refractivity contribution in [3.05, 3.63) is 59.2 Å². The third-order valence-corrected chi connectivity index (χ3v) is 6.99. The van der Waals surface area contributed by atoms with Gasteiger partial charge < -0.3 is 14.8 Å². The summed E-state index contributed by atoms with van der Waals surface area (Å²) in [5.74, 6) is 2.74. The van der Waals surface area contributed by atoms with E-state index in [2.05, 4.69) is 22.4 Å². The lowest BCUT2D eigenvalue weighted by molar-refractivity contribution is -0.145. The maximum Gasteiger partial charge on any atom is 0.306 e. The van der Waals surface area contributed by atoms with Crippen LogP contribution in [0.15, 0.2) is 47.6 Å². The lowest BCUT2D eigenvalue weighted by atomic mass is 9.93. The van der Waals surface area contributed by atoms with Crippen LogP contribution in [-0.4, -0.2) is 60.9 Å². The summed E-state index contributed by atoms with van der Waals surface area (Å²) in [6, 6.07) is 13.1. The third kappa shape index (κ3) is 7.49. The number of carbonyl (C=O) groups excluding carboxylic acids is 2. The van der Waals surface area contributed by atoms with Gasteiger partial charge in [0.2, 0.25) is 0 Å². The fourth-order valence-electron chi connectivity index (χ4n) is 4.03. The van der Waals surface area contributed by atoms with Gasteiger partial charge in [0.05, 0.1) is 25.8 Å². The average Bonchev–Trinajstić information content (AvgIpc) is 2.88. The first kappa shape index (κ1) is 25.1. The Morgan fingerprint density at radius 1 is 1.20 bits per heavy atom. The number of hydrogen-bond acceptors (Lipinski definition) is 7. The fourth-order valence-corrected chi connectivity index (χ4v) is 4.92. The molecule has 0 spiro atoms. The van der Waals surface area contributed by atoms with Gasteiger partial charge in [-0.05, 0) is 54.3 Å². The van der Waals surface area contributed by atoms with Crippen molar-refractivity contribution in [2.75, 3.05) is 43.1 Å². The van der Waals surface area contributed by atoms with E-state index < -0.39 is 0 Å². The lowest BCUT2D eigenvalue weighted by Gasteiger charge is -2.25. The number of hydrazone groups is 1. The topological polar surface area (TPSA) is 80.2 Å². The predicted molar refractivity (Wildman–Crippen MR) is 141 cm³/mol. The van der Waals surface area contributed by atoms with Crippen LogP contribution in [0.3, 0.4) is 0 Å². The largest absolute Gasteiger partial charge is 0.493 e. The zero-order chi connectivity index (χ0) is 24.5. The molecule has 1 unspecified atom stereocenters. The van der Waals surface area contributed by atoms with Crippen molar-refractivity contribution in [3.8, 4) is 5.75 Å². The van der Waals surface area contributed by atoms with Crippen molar-refractivity contribution in [2.24, 2.45) is 11.0 Å². The molecule has 186 valence electrons. The van der Waals surface area contributed by atoms with Crippen molar-refractivity contribution in [1.29, 1.82) is 0 Å². The minimum absolute atomic E-state index is 0.0699. The molecule has 1 saturated heterocycles. The van der Waals surface area contributed by atoms with Crippen molar-refractivity contribution in [1.82, 2.24) is 5.01 Å². The van der Waals surface area contributed by atoms with E-state index in [9.17, 15) is 9.59 Å². The first-order chi connectivity index (χ1) is 17.1. The number of esters is 1. The second-order valence-electron chi connectivity index (χ2n) is 8.87. The minimum Gasteiger partial charge on any atom is -0.493 e. The monoisotopic (exact) mass is 495 g/mol. The summed E-state index contributed by atoms with van der Waals surface area (Å²) in [4.78, 5) is 24.9. The Kier molecular flexibility index (Phi) is 9.06. The van der Waals surface area contributed by atoms with Crippen LogP contribution in [-0.2, 0) is 16.0 Å². The number of thioether (sulfide) groups is 1. The summed E-state index contributed by atoms with van der Waals surface area (Å²) in [6.07, 6.45) is 4.78. The molecule has 2 aromatic carbocycles. The number of unbranched alkanes of at least 4 members (excludes halogenated alkanes) is 1. The van der Waals surface area contributed by atoms with Crippen LogP contribution in [0.4, 0.5) is 5.69 Å². The molecule has 0 aromatic heterocycles. The molecule has 4 rings (SSSR count). The smallest absolute Gasteiger partial charge is 0.306 e. The van der Waals surface area contributed by atoms with Crippen molar-refractivity contribution < 1.29 is 19.1 Å². The highest BCUT2D eigenvalue weighted by Crippen LogP contribution is 2.31. The van der Waals surface area contributed by atoms with E-state index in [0.717, 1.165) is 54.3 Å². The summed E-state index contributed by atoms with van der Waals surface area (Å²) >= 11 is 1.95. The summed E-state index contributed by atoms with van der Waals surface area (Å²) in [7, 11) is 0. The first-order valence-electron chi connectivity index (χ1n) is 12.3. The number of amides is 1. The molecule has 8 heteroatoms. The number of rotatable bonds is 9. The molecule has 1 fully saturated rings. The van der Waals surface area contributed by atoms with Crippen LogP contribution in [0.25, 0.3) is 0 Å². The molecule has 1 N–H and O–H groups in total. The maximum absolute atomic E-state index is 12.8. The van der Waals surface area contributed by atoms with E-state index in [1.165, 1.54) is 0 Å². The zero-order valence-electron chi connectivity index (χ0n) is 20.2. The third-order valence-electron chi connectivity index (χ3n) is 6.05. The Labute approximate surface area is 211 Å². The molecule has 2 aliphatic heterocycles. The summed E-state index contributed by atoms with van der Waals surface area (Å²) in [5.41, 5.74) is 3.24.